The lowest BCUT2D eigenvalue weighted by molar-refractivity contribution is 0.243. The molecule has 0 radical (unpaired) electrons. The Morgan fingerprint density at radius 2 is 1.88 bits per heavy atom. The highest BCUT2D eigenvalue weighted by atomic mass is 16.2. The van der Waals surface area contributed by atoms with Gasteiger partial charge in [0.1, 0.15) is 5.82 Å². The van der Waals surface area contributed by atoms with Gasteiger partial charge in [-0.05, 0) is 57.2 Å². The summed E-state index contributed by atoms with van der Waals surface area (Å²) in [7, 11) is 1.80. The number of anilines is 3. The van der Waals surface area contributed by atoms with Crippen molar-refractivity contribution in [2.45, 2.75) is 51.6 Å². The van der Waals surface area contributed by atoms with Gasteiger partial charge in [0.05, 0.1) is 17.5 Å². The third kappa shape index (κ3) is 4.99. The molecule has 9 nitrogen and oxygen atoms in total. The minimum absolute atomic E-state index is 0.154. The standard InChI is InChI=1S/C23H30N8O/c1-14-4-9-19(15(2)12-14)30-23(32)28-17-7-5-16(6-8-17)27-22-25-11-10-20(29-22)18-13-26-31(3)21(18)24/h4,9-13,16-17H,5-8,24H2,1-3H3,(H,25,27,29)(H2,28,30,32). The van der Waals surface area contributed by atoms with E-state index in [9.17, 15) is 4.79 Å². The fourth-order valence-corrected chi connectivity index (χ4v) is 4.08. The second-order valence-corrected chi connectivity index (χ2v) is 8.44. The summed E-state index contributed by atoms with van der Waals surface area (Å²) in [5, 5.41) is 13.7. The molecule has 32 heavy (non-hydrogen) atoms. The van der Waals surface area contributed by atoms with Gasteiger partial charge in [-0.3, -0.25) is 4.68 Å². The number of urea groups is 1. The molecule has 2 aromatic heterocycles. The molecule has 0 unspecified atom stereocenters. The fourth-order valence-electron chi connectivity index (χ4n) is 4.08. The Labute approximate surface area is 187 Å². The second-order valence-electron chi connectivity index (χ2n) is 8.44. The molecule has 5 N–H and O–H groups in total. The Balaban J connectivity index is 1.28. The van der Waals surface area contributed by atoms with E-state index in [0.29, 0.717) is 11.8 Å². The summed E-state index contributed by atoms with van der Waals surface area (Å²) in [6.07, 6.45) is 7.08. The Morgan fingerprint density at radius 3 is 2.56 bits per heavy atom. The molecular weight excluding hydrogens is 404 g/mol. The SMILES string of the molecule is Cc1ccc(NC(=O)NC2CCC(Nc3nccc(-c4cnn(C)c4N)n3)CC2)c(C)c1. The van der Waals surface area contributed by atoms with Crippen molar-refractivity contribution < 1.29 is 4.79 Å². The highest BCUT2D eigenvalue weighted by Gasteiger charge is 2.23. The lowest BCUT2D eigenvalue weighted by atomic mass is 9.91. The maximum Gasteiger partial charge on any atom is 0.319 e. The average Bonchev–Trinajstić information content (AvgIpc) is 3.10. The van der Waals surface area contributed by atoms with E-state index in [1.54, 1.807) is 24.1 Å². The molecule has 4 rings (SSSR count). The van der Waals surface area contributed by atoms with E-state index in [2.05, 4.69) is 37.1 Å². The van der Waals surface area contributed by atoms with Crippen LogP contribution in [0, 0.1) is 13.8 Å². The molecule has 168 valence electrons. The first-order valence-electron chi connectivity index (χ1n) is 10.9. The third-order valence-electron chi connectivity index (χ3n) is 5.94. The zero-order chi connectivity index (χ0) is 22.7. The van der Waals surface area contributed by atoms with Crippen LogP contribution in [-0.2, 0) is 7.05 Å². The van der Waals surface area contributed by atoms with Gasteiger partial charge in [-0.25, -0.2) is 14.8 Å². The highest BCUT2D eigenvalue weighted by molar-refractivity contribution is 5.90. The van der Waals surface area contributed by atoms with E-state index in [4.69, 9.17) is 5.73 Å². The number of aromatic nitrogens is 4. The maximum absolute atomic E-state index is 12.4. The van der Waals surface area contributed by atoms with E-state index in [1.165, 1.54) is 5.56 Å². The monoisotopic (exact) mass is 434 g/mol. The minimum Gasteiger partial charge on any atom is -0.383 e. The number of nitrogens with zero attached hydrogens (tertiary/aromatic N) is 4. The molecule has 0 atom stereocenters. The van der Waals surface area contributed by atoms with Crippen molar-refractivity contribution >= 4 is 23.5 Å². The molecule has 2 amide bonds. The number of carbonyl (C=O) groups excluding carboxylic acids is 1. The van der Waals surface area contributed by atoms with Gasteiger partial charge in [0.15, 0.2) is 0 Å². The van der Waals surface area contributed by atoms with Gasteiger partial charge in [0.25, 0.3) is 0 Å². The van der Waals surface area contributed by atoms with E-state index >= 15 is 0 Å². The molecular formula is C23H30N8O. The van der Waals surface area contributed by atoms with Gasteiger partial charge < -0.3 is 21.7 Å². The van der Waals surface area contributed by atoms with Crippen LogP contribution in [-0.4, -0.2) is 37.9 Å². The molecule has 1 aliphatic carbocycles. The van der Waals surface area contributed by atoms with Crippen molar-refractivity contribution in [1.82, 2.24) is 25.1 Å². The zero-order valence-electron chi connectivity index (χ0n) is 18.7. The molecule has 9 heteroatoms. The number of amides is 2. The maximum atomic E-state index is 12.4. The van der Waals surface area contributed by atoms with E-state index in [0.717, 1.165) is 48.2 Å². The van der Waals surface area contributed by atoms with Crippen molar-refractivity contribution in [3.63, 3.8) is 0 Å². The number of aryl methyl sites for hydroxylation is 3. The van der Waals surface area contributed by atoms with Gasteiger partial charge in [-0.15, -0.1) is 0 Å². The number of hydrogen-bond acceptors (Lipinski definition) is 6. The number of carbonyl (C=O) groups is 1. The molecule has 1 aromatic carbocycles. The van der Waals surface area contributed by atoms with E-state index < -0.39 is 0 Å². The number of nitrogens with two attached hydrogens (primary N) is 1. The first kappa shape index (κ1) is 21.6. The summed E-state index contributed by atoms with van der Waals surface area (Å²) in [5.74, 6) is 1.15. The topological polar surface area (TPSA) is 123 Å². The summed E-state index contributed by atoms with van der Waals surface area (Å²) in [6.45, 7) is 4.04. The third-order valence-corrected chi connectivity index (χ3v) is 5.94. The van der Waals surface area contributed by atoms with Crippen LogP contribution in [0.15, 0.2) is 36.7 Å². The largest absolute Gasteiger partial charge is 0.383 e. The van der Waals surface area contributed by atoms with Crippen molar-refractivity contribution in [2.75, 3.05) is 16.4 Å². The lowest BCUT2D eigenvalue weighted by Gasteiger charge is -2.29. The van der Waals surface area contributed by atoms with E-state index in [-0.39, 0.29) is 18.1 Å². The summed E-state index contributed by atoms with van der Waals surface area (Å²) >= 11 is 0. The highest BCUT2D eigenvalue weighted by Crippen LogP contribution is 2.25. The summed E-state index contributed by atoms with van der Waals surface area (Å²) in [6, 6.07) is 8.09. The normalized spacial score (nSPS) is 18.2. The Bertz CT molecular complexity index is 1100. The van der Waals surface area contributed by atoms with Crippen LogP contribution in [0.1, 0.15) is 36.8 Å². The van der Waals surface area contributed by atoms with Crippen molar-refractivity contribution in [1.29, 1.82) is 0 Å². The minimum atomic E-state index is -0.154. The number of rotatable bonds is 5. The lowest BCUT2D eigenvalue weighted by Crippen LogP contribution is -2.42. The Kier molecular flexibility index (Phi) is 6.25. The smallest absolute Gasteiger partial charge is 0.319 e. The van der Waals surface area contributed by atoms with Crippen molar-refractivity contribution in [2.24, 2.45) is 7.05 Å². The molecule has 0 saturated heterocycles. The van der Waals surface area contributed by atoms with Gasteiger partial charge in [0, 0.05) is 31.0 Å². The molecule has 2 heterocycles. The number of nitrogens with one attached hydrogen (secondary N) is 3. The van der Waals surface area contributed by atoms with Gasteiger partial charge in [-0.1, -0.05) is 17.7 Å². The summed E-state index contributed by atoms with van der Waals surface area (Å²) < 4.78 is 1.62. The number of benzene rings is 1. The van der Waals surface area contributed by atoms with Crippen LogP contribution >= 0.6 is 0 Å². The van der Waals surface area contributed by atoms with Crippen LogP contribution in [0.2, 0.25) is 0 Å². The summed E-state index contributed by atoms with van der Waals surface area (Å²) in [4.78, 5) is 21.4. The quantitative estimate of drug-likeness (QED) is 0.486. The fraction of sp³-hybridized carbons (Fsp3) is 0.391. The molecule has 0 bridgehead atoms. The zero-order valence-corrected chi connectivity index (χ0v) is 18.7. The predicted octanol–water partition coefficient (Wildman–Crippen LogP) is 3.62. The molecule has 0 spiro atoms. The van der Waals surface area contributed by atoms with Crippen molar-refractivity contribution in [3.05, 3.63) is 47.8 Å². The first-order chi connectivity index (χ1) is 15.4. The van der Waals surface area contributed by atoms with Gasteiger partial charge >= 0.3 is 6.03 Å². The molecule has 1 saturated carbocycles. The predicted molar refractivity (Wildman–Crippen MR) is 126 cm³/mol. The first-order valence-corrected chi connectivity index (χ1v) is 10.9. The van der Waals surface area contributed by atoms with E-state index in [1.807, 2.05) is 32.0 Å². The van der Waals surface area contributed by atoms with Crippen LogP contribution < -0.4 is 21.7 Å². The molecule has 1 aliphatic rings. The number of hydrogen-bond donors (Lipinski definition) is 4. The average molecular weight is 435 g/mol. The van der Waals surface area contributed by atoms with Crippen LogP contribution in [0.4, 0.5) is 22.2 Å². The van der Waals surface area contributed by atoms with Gasteiger partial charge in [-0.2, -0.15) is 5.10 Å². The van der Waals surface area contributed by atoms with Crippen LogP contribution in [0.3, 0.4) is 0 Å². The second kappa shape index (κ2) is 9.25. The molecule has 3 aromatic rings. The molecule has 0 aliphatic heterocycles. The number of nitrogen functional groups attached to an aromatic ring is 1. The van der Waals surface area contributed by atoms with Crippen LogP contribution in [0.5, 0.6) is 0 Å². The Morgan fingerprint density at radius 1 is 1.12 bits per heavy atom. The van der Waals surface area contributed by atoms with Crippen LogP contribution in [0.25, 0.3) is 11.3 Å². The summed E-state index contributed by atoms with van der Waals surface area (Å²) in [5.41, 5.74) is 10.7. The molecule has 1 fully saturated rings. The van der Waals surface area contributed by atoms with Gasteiger partial charge in [0.2, 0.25) is 5.95 Å². The Hall–Kier alpha value is -3.62. The van der Waals surface area contributed by atoms with Crippen molar-refractivity contribution in [3.8, 4) is 11.3 Å².